The molecule has 53 valence electrons. The molecule has 0 amide bonds. The normalized spacial score (nSPS) is 12.2. The average molecular weight is 125 g/mol. The van der Waals surface area contributed by atoms with Crippen molar-refractivity contribution in [1.29, 1.82) is 0 Å². The van der Waals surface area contributed by atoms with Crippen LogP contribution in [-0.4, -0.2) is 0 Å². The van der Waals surface area contributed by atoms with Gasteiger partial charge in [-0.1, -0.05) is 32.9 Å². The maximum absolute atomic E-state index is 3.85. The van der Waals surface area contributed by atoms with E-state index in [1.165, 1.54) is 6.42 Å². The van der Waals surface area contributed by atoms with E-state index in [0.717, 1.165) is 5.92 Å². The lowest BCUT2D eigenvalue weighted by Gasteiger charge is -1.97. The molecule has 1 radical (unpaired) electrons. The van der Waals surface area contributed by atoms with E-state index in [4.69, 9.17) is 0 Å². The molecule has 0 bridgehead atoms. The molecule has 1 atom stereocenters. The molecule has 0 aliphatic heterocycles. The molecule has 0 heteroatoms. The highest BCUT2D eigenvalue weighted by Gasteiger charge is 1.87. The average Bonchev–Trinajstić information content (AvgIpc) is 1.63. The van der Waals surface area contributed by atoms with Gasteiger partial charge in [0.15, 0.2) is 0 Å². The van der Waals surface area contributed by atoms with Gasteiger partial charge in [0.25, 0.3) is 0 Å². The summed E-state index contributed by atoms with van der Waals surface area (Å²) >= 11 is 0. The van der Waals surface area contributed by atoms with Crippen LogP contribution in [0.4, 0.5) is 0 Å². The second kappa shape index (κ2) is 4.60. The van der Waals surface area contributed by atoms with Crippen molar-refractivity contribution < 1.29 is 0 Å². The van der Waals surface area contributed by atoms with E-state index in [9.17, 15) is 0 Å². The van der Waals surface area contributed by atoms with Crippen molar-refractivity contribution in [2.24, 2.45) is 11.8 Å². The van der Waals surface area contributed by atoms with Crippen molar-refractivity contribution in [3.8, 4) is 0 Å². The first-order chi connectivity index (χ1) is 4.13. The monoisotopic (exact) mass is 125 g/mol. The lowest BCUT2D eigenvalue weighted by Crippen LogP contribution is -1.83. The van der Waals surface area contributed by atoms with Crippen LogP contribution in [0.3, 0.4) is 0 Å². The van der Waals surface area contributed by atoms with E-state index in [1.807, 2.05) is 0 Å². The predicted octanol–water partition coefficient (Wildman–Crippen LogP) is 3.06. The van der Waals surface area contributed by atoms with Gasteiger partial charge >= 0.3 is 0 Å². The predicted molar refractivity (Wildman–Crippen MR) is 43.1 cm³/mol. The fraction of sp³-hybridized carbons (Fsp3) is 0.667. The van der Waals surface area contributed by atoms with E-state index < -0.39 is 0 Å². The molecule has 0 saturated carbocycles. The molecule has 0 N–H and O–H groups in total. The van der Waals surface area contributed by atoms with E-state index >= 15 is 0 Å². The quantitative estimate of drug-likeness (QED) is 0.508. The third-order valence-electron chi connectivity index (χ3n) is 1.07. The van der Waals surface area contributed by atoms with Gasteiger partial charge in [0.1, 0.15) is 0 Å². The standard InChI is InChI=1S/C9H17/c1-8(2)6-5-7-9(3)4/h5-6,8-9H,1,7H2,2-4H3. The zero-order valence-electron chi connectivity index (χ0n) is 6.72. The Bertz CT molecular complexity index is 78.0. The molecule has 0 rings (SSSR count). The number of hydrogen-bond acceptors (Lipinski definition) is 0. The SMILES string of the molecule is [CH2]C(C)C=CCC(C)C. The van der Waals surface area contributed by atoms with Crippen LogP contribution in [0, 0.1) is 18.8 Å². The number of hydrogen-bond donors (Lipinski definition) is 0. The van der Waals surface area contributed by atoms with Crippen molar-refractivity contribution in [2.45, 2.75) is 27.2 Å². The molecule has 0 heterocycles. The van der Waals surface area contributed by atoms with Gasteiger partial charge in [0, 0.05) is 0 Å². The minimum Gasteiger partial charge on any atom is -0.0880 e. The van der Waals surface area contributed by atoms with Gasteiger partial charge in [0.05, 0.1) is 0 Å². The molecule has 9 heavy (non-hydrogen) atoms. The Kier molecular flexibility index (Phi) is 4.47. The van der Waals surface area contributed by atoms with Crippen LogP contribution in [0.15, 0.2) is 12.2 Å². The molecular weight excluding hydrogens is 108 g/mol. The molecule has 0 aliphatic carbocycles. The van der Waals surface area contributed by atoms with Crippen LogP contribution in [0.1, 0.15) is 27.2 Å². The van der Waals surface area contributed by atoms with Gasteiger partial charge in [-0.05, 0) is 25.2 Å². The van der Waals surface area contributed by atoms with E-state index in [0.29, 0.717) is 5.92 Å². The van der Waals surface area contributed by atoms with Crippen molar-refractivity contribution in [2.75, 3.05) is 0 Å². The molecule has 0 aliphatic rings. The van der Waals surface area contributed by atoms with Crippen molar-refractivity contribution in [1.82, 2.24) is 0 Å². The minimum atomic E-state index is 0.462. The summed E-state index contributed by atoms with van der Waals surface area (Å²) in [6.07, 6.45) is 5.54. The first-order valence-electron chi connectivity index (χ1n) is 3.62. The third-order valence-corrected chi connectivity index (χ3v) is 1.07. The first kappa shape index (κ1) is 8.74. The lowest BCUT2D eigenvalue weighted by molar-refractivity contribution is 0.660. The number of rotatable bonds is 3. The Morgan fingerprint density at radius 3 is 2.22 bits per heavy atom. The largest absolute Gasteiger partial charge is 0.0880 e. The molecule has 0 nitrogen and oxygen atoms in total. The van der Waals surface area contributed by atoms with Crippen molar-refractivity contribution in [3.05, 3.63) is 19.1 Å². The summed E-state index contributed by atoms with van der Waals surface area (Å²) in [5, 5.41) is 0. The fourth-order valence-corrected chi connectivity index (χ4v) is 0.583. The molecule has 0 spiro atoms. The number of allylic oxidation sites excluding steroid dienone is 2. The molecule has 0 aromatic heterocycles. The summed E-state index contributed by atoms with van der Waals surface area (Å²) in [6.45, 7) is 10.4. The van der Waals surface area contributed by atoms with Gasteiger partial charge in [-0.25, -0.2) is 0 Å². The molecule has 0 fully saturated rings. The zero-order chi connectivity index (χ0) is 7.28. The Morgan fingerprint density at radius 2 is 1.89 bits per heavy atom. The van der Waals surface area contributed by atoms with E-state index in [2.05, 4.69) is 39.8 Å². The second-order valence-electron chi connectivity index (χ2n) is 3.03. The van der Waals surface area contributed by atoms with E-state index in [-0.39, 0.29) is 0 Å². The highest BCUT2D eigenvalue weighted by molar-refractivity contribution is 4.87. The van der Waals surface area contributed by atoms with Crippen molar-refractivity contribution >= 4 is 0 Å². The van der Waals surface area contributed by atoms with Gasteiger partial charge in [-0.3, -0.25) is 0 Å². The lowest BCUT2D eigenvalue weighted by atomic mass is 10.1. The first-order valence-corrected chi connectivity index (χ1v) is 3.62. The highest BCUT2D eigenvalue weighted by Crippen LogP contribution is 2.02. The van der Waals surface area contributed by atoms with Crippen LogP contribution >= 0.6 is 0 Å². The minimum absolute atomic E-state index is 0.462. The second-order valence-corrected chi connectivity index (χ2v) is 3.03. The van der Waals surface area contributed by atoms with Gasteiger partial charge in [0.2, 0.25) is 0 Å². The molecule has 1 unspecified atom stereocenters. The molecular formula is C9H17. The summed E-state index contributed by atoms with van der Waals surface area (Å²) in [5.41, 5.74) is 0. The highest BCUT2D eigenvalue weighted by atomic mass is 13.9. The molecule has 0 saturated heterocycles. The third kappa shape index (κ3) is 7.74. The Morgan fingerprint density at radius 1 is 1.33 bits per heavy atom. The summed E-state index contributed by atoms with van der Waals surface area (Å²) < 4.78 is 0. The van der Waals surface area contributed by atoms with Crippen LogP contribution in [0.25, 0.3) is 0 Å². The van der Waals surface area contributed by atoms with Crippen molar-refractivity contribution in [3.63, 3.8) is 0 Å². The van der Waals surface area contributed by atoms with Crippen LogP contribution in [0.2, 0.25) is 0 Å². The Balaban J connectivity index is 3.25. The smallest absolute Gasteiger partial charge is 0.0262 e. The Labute approximate surface area is 59.0 Å². The summed E-state index contributed by atoms with van der Waals surface area (Å²) in [4.78, 5) is 0. The van der Waals surface area contributed by atoms with Crippen LogP contribution in [-0.2, 0) is 0 Å². The maximum atomic E-state index is 3.85. The van der Waals surface area contributed by atoms with Gasteiger partial charge < -0.3 is 0 Å². The Hall–Kier alpha value is -0.260. The zero-order valence-corrected chi connectivity index (χ0v) is 6.72. The maximum Gasteiger partial charge on any atom is -0.0262 e. The molecule has 0 aromatic carbocycles. The van der Waals surface area contributed by atoms with E-state index in [1.54, 1.807) is 0 Å². The topological polar surface area (TPSA) is 0 Å². The summed E-state index contributed by atoms with van der Waals surface area (Å²) in [5.74, 6) is 1.24. The fourth-order valence-electron chi connectivity index (χ4n) is 0.583. The molecule has 0 aromatic rings. The summed E-state index contributed by atoms with van der Waals surface area (Å²) in [6, 6.07) is 0. The van der Waals surface area contributed by atoms with Crippen LogP contribution in [0.5, 0.6) is 0 Å². The van der Waals surface area contributed by atoms with Gasteiger partial charge in [-0.15, -0.1) is 0 Å². The summed E-state index contributed by atoms with van der Waals surface area (Å²) in [7, 11) is 0. The van der Waals surface area contributed by atoms with Gasteiger partial charge in [-0.2, -0.15) is 0 Å². The van der Waals surface area contributed by atoms with Crippen LogP contribution < -0.4 is 0 Å².